The van der Waals surface area contributed by atoms with Gasteiger partial charge < -0.3 is 25.0 Å². The number of amides is 1. The van der Waals surface area contributed by atoms with Crippen molar-refractivity contribution in [2.75, 3.05) is 13.7 Å². The zero-order chi connectivity index (χ0) is 14.6. The lowest BCUT2D eigenvalue weighted by atomic mass is 10.0. The Morgan fingerprint density at radius 2 is 1.89 bits per heavy atom. The molecule has 1 heterocycles. The lowest BCUT2D eigenvalue weighted by Gasteiger charge is -2.41. The fourth-order valence-electron chi connectivity index (χ4n) is 1.86. The van der Waals surface area contributed by atoms with Gasteiger partial charge in [-0.2, -0.15) is 0 Å². The van der Waals surface area contributed by atoms with E-state index in [1.807, 2.05) is 0 Å². The van der Waals surface area contributed by atoms with Crippen molar-refractivity contribution in [1.82, 2.24) is 5.32 Å². The third-order valence-electron chi connectivity index (χ3n) is 2.75. The van der Waals surface area contributed by atoms with E-state index in [0.717, 1.165) is 0 Å². The maximum absolute atomic E-state index is 11.1. The van der Waals surface area contributed by atoms with Gasteiger partial charge in [0.05, 0.1) is 17.4 Å². The highest BCUT2D eigenvalue weighted by Crippen LogP contribution is 2.33. The van der Waals surface area contributed by atoms with Crippen LogP contribution in [0.4, 0.5) is 0 Å². The van der Waals surface area contributed by atoms with Gasteiger partial charge in [0.1, 0.15) is 18.1 Å². The van der Waals surface area contributed by atoms with E-state index in [1.54, 1.807) is 0 Å². The largest absolute Gasteiger partial charge is 0.465 e. The van der Waals surface area contributed by atoms with Gasteiger partial charge >= 0.3 is 5.97 Å². The van der Waals surface area contributed by atoms with Crippen molar-refractivity contribution < 1.29 is 29.3 Å². The van der Waals surface area contributed by atoms with E-state index in [2.05, 4.69) is 5.32 Å². The summed E-state index contributed by atoms with van der Waals surface area (Å²) < 4.78 is 10.0. The molecular formula is C11H19NO6S. The molecule has 3 N–H and O–H groups in total. The zero-order valence-electron chi connectivity index (χ0n) is 11.0. The summed E-state index contributed by atoms with van der Waals surface area (Å²) in [5.74, 6) is -0.780. The van der Waals surface area contributed by atoms with E-state index in [0.29, 0.717) is 0 Å². The van der Waals surface area contributed by atoms with Gasteiger partial charge in [0.25, 0.3) is 0 Å². The highest BCUT2D eigenvalue weighted by molar-refractivity contribution is 8.00. The Balaban J connectivity index is 2.72. The summed E-state index contributed by atoms with van der Waals surface area (Å²) >= 11 is 1.21. The molecule has 1 aliphatic heterocycles. The fraction of sp³-hybridized carbons (Fsp3) is 0.818. The molecule has 19 heavy (non-hydrogen) atoms. The summed E-state index contributed by atoms with van der Waals surface area (Å²) in [5.41, 5.74) is -0.525. The van der Waals surface area contributed by atoms with Crippen molar-refractivity contribution in [2.45, 2.75) is 42.8 Å². The van der Waals surface area contributed by atoms with Crippen LogP contribution in [0.3, 0.4) is 0 Å². The zero-order valence-corrected chi connectivity index (χ0v) is 11.8. The van der Waals surface area contributed by atoms with Crippen LogP contribution in [0, 0.1) is 0 Å². The van der Waals surface area contributed by atoms with E-state index in [4.69, 9.17) is 9.47 Å². The predicted octanol–water partition coefficient (Wildman–Crippen LogP) is -1.14. The second-order valence-electron chi connectivity index (χ2n) is 4.29. The Labute approximate surface area is 115 Å². The molecule has 1 amide bonds. The van der Waals surface area contributed by atoms with Crippen molar-refractivity contribution >= 4 is 23.6 Å². The average Bonchev–Trinajstić information content (AvgIpc) is 2.33. The van der Waals surface area contributed by atoms with Crippen molar-refractivity contribution in [2.24, 2.45) is 0 Å². The summed E-state index contributed by atoms with van der Waals surface area (Å²) in [6.45, 7) is 2.57. The fourth-order valence-corrected chi connectivity index (χ4v) is 3.18. The monoisotopic (exact) mass is 293 g/mol. The van der Waals surface area contributed by atoms with Gasteiger partial charge in [-0.15, -0.1) is 11.8 Å². The quantitative estimate of drug-likeness (QED) is 0.563. The first-order valence-electron chi connectivity index (χ1n) is 5.81. The van der Waals surface area contributed by atoms with Crippen LogP contribution in [-0.2, 0) is 19.1 Å². The Morgan fingerprint density at radius 1 is 1.26 bits per heavy atom. The molecular weight excluding hydrogens is 274 g/mol. The predicted molar refractivity (Wildman–Crippen MR) is 68.4 cm³/mol. The molecule has 1 saturated heterocycles. The minimum Gasteiger partial charge on any atom is -0.465 e. The molecule has 0 aromatic rings. The topological polar surface area (TPSA) is 105 Å². The van der Waals surface area contributed by atoms with Crippen LogP contribution in [0.2, 0.25) is 0 Å². The molecule has 1 aliphatic rings. The molecule has 0 radical (unpaired) electrons. The minimum absolute atomic E-state index is 0.0229. The average molecular weight is 293 g/mol. The number of hydrogen-bond acceptors (Lipinski definition) is 7. The lowest BCUT2D eigenvalue weighted by molar-refractivity contribution is -0.142. The van der Waals surface area contributed by atoms with Crippen LogP contribution in [0.5, 0.6) is 0 Å². The van der Waals surface area contributed by atoms with E-state index in [-0.39, 0.29) is 12.5 Å². The van der Waals surface area contributed by atoms with Crippen molar-refractivity contribution in [1.29, 1.82) is 0 Å². The first-order valence-corrected chi connectivity index (χ1v) is 6.76. The molecule has 1 fully saturated rings. The van der Waals surface area contributed by atoms with Crippen LogP contribution >= 0.6 is 11.8 Å². The number of carbonyl (C=O) groups is 2. The van der Waals surface area contributed by atoms with E-state index in [1.165, 1.54) is 32.7 Å². The molecule has 2 unspecified atom stereocenters. The number of esters is 1. The number of hydrogen-bond donors (Lipinski definition) is 3. The molecule has 0 bridgehead atoms. The van der Waals surface area contributed by atoms with Gasteiger partial charge in [-0.1, -0.05) is 0 Å². The van der Waals surface area contributed by atoms with Crippen LogP contribution in [0.25, 0.3) is 0 Å². The maximum Gasteiger partial charge on any atom is 0.302 e. The highest BCUT2D eigenvalue weighted by atomic mass is 32.2. The Bertz CT molecular complexity index is 335. The Kier molecular flexibility index (Phi) is 6.05. The third kappa shape index (κ3) is 4.34. The van der Waals surface area contributed by atoms with Crippen molar-refractivity contribution in [3.8, 4) is 0 Å². The van der Waals surface area contributed by atoms with Gasteiger partial charge in [0, 0.05) is 21.0 Å². The van der Waals surface area contributed by atoms with E-state index >= 15 is 0 Å². The molecule has 7 nitrogen and oxygen atoms in total. The van der Waals surface area contributed by atoms with Crippen LogP contribution in [0.15, 0.2) is 0 Å². The van der Waals surface area contributed by atoms with Gasteiger partial charge in [-0.05, 0) is 0 Å². The number of thioether (sulfide) groups is 1. The smallest absolute Gasteiger partial charge is 0.302 e. The SMILES string of the molecule is CO[C@@H]1SC(COC(C)=O)[C@@H](O)[C@H](O)C1NC(C)=O. The summed E-state index contributed by atoms with van der Waals surface area (Å²) in [7, 11) is 1.44. The number of carbonyl (C=O) groups excluding carboxylic acids is 2. The standard InChI is InChI=1S/C11H19NO6S/c1-5(13)12-8-10(16)9(15)7(4-18-6(2)14)19-11(8)17-3/h7-11,15-16H,4H2,1-3H3,(H,12,13)/t7?,8?,9-,10-,11-/m1/s1. The van der Waals surface area contributed by atoms with Crippen molar-refractivity contribution in [3.63, 3.8) is 0 Å². The normalized spacial score (nSPS) is 34.7. The van der Waals surface area contributed by atoms with E-state index in [9.17, 15) is 19.8 Å². The third-order valence-corrected chi connectivity index (χ3v) is 4.27. The first-order chi connectivity index (χ1) is 8.86. The van der Waals surface area contributed by atoms with Crippen LogP contribution in [0.1, 0.15) is 13.8 Å². The summed E-state index contributed by atoms with van der Waals surface area (Å²) in [4.78, 5) is 21.9. The number of ether oxygens (including phenoxy) is 2. The van der Waals surface area contributed by atoms with Gasteiger partial charge in [-0.3, -0.25) is 9.59 Å². The number of aliphatic hydroxyl groups is 2. The molecule has 0 aromatic carbocycles. The second kappa shape index (κ2) is 7.09. The van der Waals surface area contributed by atoms with Crippen molar-refractivity contribution in [3.05, 3.63) is 0 Å². The van der Waals surface area contributed by atoms with Crippen LogP contribution < -0.4 is 5.32 Å². The molecule has 1 rings (SSSR count). The van der Waals surface area contributed by atoms with E-state index < -0.39 is 34.9 Å². The minimum atomic E-state index is -1.18. The molecule has 110 valence electrons. The number of methoxy groups -OCH3 is 1. The molecule has 0 saturated carbocycles. The molecule has 0 aliphatic carbocycles. The van der Waals surface area contributed by atoms with Gasteiger partial charge in [0.15, 0.2) is 0 Å². The second-order valence-corrected chi connectivity index (χ2v) is 5.63. The maximum atomic E-state index is 11.1. The van der Waals surface area contributed by atoms with Crippen LogP contribution in [-0.4, -0.2) is 64.7 Å². The Hall–Kier alpha value is -0.830. The molecule has 8 heteroatoms. The number of nitrogens with one attached hydrogen (secondary N) is 1. The number of rotatable bonds is 4. The van der Waals surface area contributed by atoms with Gasteiger partial charge in [-0.25, -0.2) is 0 Å². The summed E-state index contributed by atoms with van der Waals surface area (Å²) in [5, 5.41) is 22.0. The number of aliphatic hydroxyl groups excluding tert-OH is 2. The molecule has 0 spiro atoms. The first kappa shape index (κ1) is 16.2. The summed E-state index contributed by atoms with van der Waals surface area (Å²) in [6.07, 6.45) is -2.30. The molecule has 5 atom stereocenters. The lowest BCUT2D eigenvalue weighted by Crippen LogP contribution is -2.61. The highest BCUT2D eigenvalue weighted by Gasteiger charge is 2.45. The molecule has 0 aromatic heterocycles. The Morgan fingerprint density at radius 3 is 2.37 bits per heavy atom. The van der Waals surface area contributed by atoms with Gasteiger partial charge in [0.2, 0.25) is 5.91 Å². The summed E-state index contributed by atoms with van der Waals surface area (Å²) in [6, 6.07) is -0.712.